The summed E-state index contributed by atoms with van der Waals surface area (Å²) in [6.07, 6.45) is 8.47. The summed E-state index contributed by atoms with van der Waals surface area (Å²) >= 11 is 0. The third-order valence-corrected chi connectivity index (χ3v) is 5.65. The molecule has 0 radical (unpaired) electrons. The van der Waals surface area contributed by atoms with Gasteiger partial charge < -0.3 is 10.2 Å². The van der Waals surface area contributed by atoms with Gasteiger partial charge in [0.25, 0.3) is 0 Å². The Balaban J connectivity index is 1.83. The summed E-state index contributed by atoms with van der Waals surface area (Å²) in [5.74, 6) is 0. The van der Waals surface area contributed by atoms with Gasteiger partial charge in [-0.25, -0.2) is 0 Å². The van der Waals surface area contributed by atoms with E-state index in [2.05, 4.69) is 36.0 Å². The van der Waals surface area contributed by atoms with E-state index in [-0.39, 0.29) is 0 Å². The van der Waals surface area contributed by atoms with E-state index in [1.165, 1.54) is 77.8 Å². The van der Waals surface area contributed by atoms with Crippen LogP contribution in [0.25, 0.3) is 0 Å². The van der Waals surface area contributed by atoms with Gasteiger partial charge in [-0.05, 0) is 38.6 Å². The zero-order chi connectivity index (χ0) is 14.4. The summed E-state index contributed by atoms with van der Waals surface area (Å²) in [5.41, 5.74) is 0.561. The van der Waals surface area contributed by atoms with Crippen LogP contribution in [0.2, 0.25) is 0 Å². The average Bonchev–Trinajstić information content (AvgIpc) is 2.48. The summed E-state index contributed by atoms with van der Waals surface area (Å²) in [5, 5.41) is 3.47. The predicted octanol–water partition coefficient (Wildman–Crippen LogP) is 2.57. The van der Waals surface area contributed by atoms with Crippen molar-refractivity contribution >= 4 is 0 Å². The normalized spacial score (nSPS) is 26.6. The van der Waals surface area contributed by atoms with Crippen LogP contribution >= 0.6 is 0 Å². The molecule has 1 aliphatic heterocycles. The van der Waals surface area contributed by atoms with Crippen LogP contribution in [0.1, 0.15) is 52.4 Å². The van der Waals surface area contributed by atoms with Crippen molar-refractivity contribution in [2.75, 3.05) is 46.3 Å². The summed E-state index contributed by atoms with van der Waals surface area (Å²) in [6, 6.07) is 0.762. The fourth-order valence-corrected chi connectivity index (χ4v) is 4.16. The molecule has 1 N–H and O–H groups in total. The Morgan fingerprint density at radius 3 is 2.25 bits per heavy atom. The van der Waals surface area contributed by atoms with E-state index in [9.17, 15) is 0 Å². The lowest BCUT2D eigenvalue weighted by Gasteiger charge is -2.45. The second-order valence-electron chi connectivity index (χ2n) is 7.16. The second kappa shape index (κ2) is 7.77. The minimum Gasteiger partial charge on any atom is -0.319 e. The molecule has 20 heavy (non-hydrogen) atoms. The highest BCUT2D eigenvalue weighted by Gasteiger charge is 2.34. The van der Waals surface area contributed by atoms with Crippen molar-refractivity contribution in [3.05, 3.63) is 0 Å². The number of nitrogens with zero attached hydrogens (tertiary/aromatic N) is 2. The Labute approximate surface area is 126 Å². The number of piperazine rings is 1. The van der Waals surface area contributed by atoms with Gasteiger partial charge in [0, 0.05) is 45.3 Å². The maximum atomic E-state index is 3.47. The van der Waals surface area contributed by atoms with E-state index in [0.29, 0.717) is 5.41 Å². The number of hydrogen-bond donors (Lipinski definition) is 1. The van der Waals surface area contributed by atoms with Crippen LogP contribution in [0.15, 0.2) is 0 Å². The first-order valence-corrected chi connectivity index (χ1v) is 8.80. The molecule has 0 amide bonds. The van der Waals surface area contributed by atoms with Crippen LogP contribution in [0.5, 0.6) is 0 Å². The van der Waals surface area contributed by atoms with Gasteiger partial charge in [-0.3, -0.25) is 4.90 Å². The monoisotopic (exact) mass is 281 g/mol. The minimum absolute atomic E-state index is 0.561. The summed E-state index contributed by atoms with van der Waals surface area (Å²) < 4.78 is 0. The molecule has 3 nitrogen and oxygen atoms in total. The topological polar surface area (TPSA) is 18.5 Å². The second-order valence-corrected chi connectivity index (χ2v) is 7.16. The SMILES string of the molecule is CCC(C)N1CCN(CC2(CNC)CCCCC2)CC1. The van der Waals surface area contributed by atoms with Gasteiger partial charge in [0.2, 0.25) is 0 Å². The first-order chi connectivity index (χ1) is 9.69. The molecule has 2 aliphatic rings. The van der Waals surface area contributed by atoms with Crippen LogP contribution in [0, 0.1) is 5.41 Å². The lowest BCUT2D eigenvalue weighted by atomic mass is 9.73. The largest absolute Gasteiger partial charge is 0.319 e. The van der Waals surface area contributed by atoms with Crippen LogP contribution in [0.3, 0.4) is 0 Å². The highest BCUT2D eigenvalue weighted by molar-refractivity contribution is 4.89. The van der Waals surface area contributed by atoms with E-state index in [4.69, 9.17) is 0 Å². The molecule has 118 valence electrons. The third kappa shape index (κ3) is 4.19. The standard InChI is InChI=1S/C17H35N3/c1-4-16(2)20-12-10-19(11-13-20)15-17(14-18-3)8-6-5-7-9-17/h16,18H,4-15H2,1-3H3. The molecular weight excluding hydrogens is 246 g/mol. The van der Waals surface area contributed by atoms with Crippen LogP contribution < -0.4 is 5.32 Å². The molecule has 1 heterocycles. The summed E-state index contributed by atoms with van der Waals surface area (Å²) in [6.45, 7) is 12.3. The van der Waals surface area contributed by atoms with Crippen molar-refractivity contribution in [1.82, 2.24) is 15.1 Å². The van der Waals surface area contributed by atoms with Gasteiger partial charge in [0.1, 0.15) is 0 Å². The average molecular weight is 281 g/mol. The van der Waals surface area contributed by atoms with Gasteiger partial charge in [0.15, 0.2) is 0 Å². The summed E-state index contributed by atoms with van der Waals surface area (Å²) in [7, 11) is 2.12. The molecule has 0 bridgehead atoms. The van der Waals surface area contributed by atoms with E-state index in [1.54, 1.807) is 0 Å². The maximum Gasteiger partial charge on any atom is 0.0113 e. The molecule has 3 heteroatoms. The van der Waals surface area contributed by atoms with E-state index < -0.39 is 0 Å². The Morgan fingerprint density at radius 2 is 1.70 bits per heavy atom. The van der Waals surface area contributed by atoms with E-state index in [1.807, 2.05) is 0 Å². The van der Waals surface area contributed by atoms with Gasteiger partial charge in [-0.15, -0.1) is 0 Å². The smallest absolute Gasteiger partial charge is 0.0113 e. The van der Waals surface area contributed by atoms with E-state index >= 15 is 0 Å². The Hall–Kier alpha value is -0.120. The molecule has 1 unspecified atom stereocenters. The molecule has 2 rings (SSSR count). The Morgan fingerprint density at radius 1 is 1.05 bits per heavy atom. The lowest BCUT2D eigenvalue weighted by Crippen LogP contribution is -2.53. The maximum absolute atomic E-state index is 3.47. The number of nitrogens with one attached hydrogen (secondary N) is 1. The molecule has 1 atom stereocenters. The van der Waals surface area contributed by atoms with Gasteiger partial charge in [-0.2, -0.15) is 0 Å². The Bertz CT molecular complexity index is 260. The van der Waals surface area contributed by atoms with Crippen molar-refractivity contribution in [3.63, 3.8) is 0 Å². The molecular formula is C17H35N3. The fourth-order valence-electron chi connectivity index (χ4n) is 4.16. The lowest BCUT2D eigenvalue weighted by molar-refractivity contribution is 0.0499. The molecule has 1 saturated heterocycles. The highest BCUT2D eigenvalue weighted by atomic mass is 15.3. The predicted molar refractivity (Wildman–Crippen MR) is 87.2 cm³/mol. The minimum atomic E-state index is 0.561. The molecule has 0 aromatic heterocycles. The fraction of sp³-hybridized carbons (Fsp3) is 1.00. The zero-order valence-corrected chi connectivity index (χ0v) is 14.0. The highest BCUT2D eigenvalue weighted by Crippen LogP contribution is 2.36. The van der Waals surface area contributed by atoms with Crippen molar-refractivity contribution in [3.8, 4) is 0 Å². The number of rotatable bonds is 6. The van der Waals surface area contributed by atoms with Crippen LogP contribution in [-0.2, 0) is 0 Å². The van der Waals surface area contributed by atoms with Crippen molar-refractivity contribution in [2.24, 2.45) is 5.41 Å². The van der Waals surface area contributed by atoms with Crippen LogP contribution in [-0.4, -0.2) is 62.2 Å². The van der Waals surface area contributed by atoms with Gasteiger partial charge >= 0.3 is 0 Å². The van der Waals surface area contributed by atoms with Crippen molar-refractivity contribution in [1.29, 1.82) is 0 Å². The quantitative estimate of drug-likeness (QED) is 0.807. The first kappa shape index (κ1) is 16.3. The molecule has 0 spiro atoms. The number of hydrogen-bond acceptors (Lipinski definition) is 3. The summed E-state index contributed by atoms with van der Waals surface area (Å²) in [4.78, 5) is 5.41. The molecule has 0 aromatic rings. The molecule has 2 fully saturated rings. The van der Waals surface area contributed by atoms with E-state index in [0.717, 1.165) is 6.04 Å². The van der Waals surface area contributed by atoms with Crippen molar-refractivity contribution in [2.45, 2.75) is 58.4 Å². The zero-order valence-electron chi connectivity index (χ0n) is 14.0. The van der Waals surface area contributed by atoms with Gasteiger partial charge in [0.05, 0.1) is 0 Å². The molecule has 1 aliphatic carbocycles. The Kier molecular flexibility index (Phi) is 6.31. The third-order valence-electron chi connectivity index (χ3n) is 5.65. The molecule has 0 aromatic carbocycles. The van der Waals surface area contributed by atoms with Crippen molar-refractivity contribution < 1.29 is 0 Å². The first-order valence-electron chi connectivity index (χ1n) is 8.80. The van der Waals surface area contributed by atoms with Crippen LogP contribution in [0.4, 0.5) is 0 Å². The molecule has 1 saturated carbocycles. The van der Waals surface area contributed by atoms with Gasteiger partial charge in [-0.1, -0.05) is 26.2 Å².